The van der Waals surface area contributed by atoms with Crippen LogP contribution in [0.2, 0.25) is 0 Å². The summed E-state index contributed by atoms with van der Waals surface area (Å²) in [5.74, 6) is 0. The van der Waals surface area contributed by atoms with Crippen molar-refractivity contribution in [2.45, 2.75) is 32.5 Å². The minimum absolute atomic E-state index is 0.0261. The summed E-state index contributed by atoms with van der Waals surface area (Å²) in [5, 5.41) is 10.2. The van der Waals surface area contributed by atoms with E-state index in [-0.39, 0.29) is 12.1 Å². The molecular weight excluding hydrogens is 282 g/mol. The number of nitrogens with zero attached hydrogens (tertiary/aromatic N) is 2. The second-order valence-electron chi connectivity index (χ2n) is 6.08. The first-order chi connectivity index (χ1) is 10.5. The maximum Gasteiger partial charge on any atom is 0.407 e. The van der Waals surface area contributed by atoms with E-state index in [0.717, 1.165) is 16.5 Å². The van der Waals surface area contributed by atoms with Crippen molar-refractivity contribution in [2.75, 3.05) is 18.8 Å². The summed E-state index contributed by atoms with van der Waals surface area (Å²) in [4.78, 5) is 15.0. The fourth-order valence-corrected chi connectivity index (χ4v) is 3.20. The van der Waals surface area contributed by atoms with Crippen LogP contribution in [0.5, 0.6) is 0 Å². The van der Waals surface area contributed by atoms with Gasteiger partial charge in [-0.1, -0.05) is 0 Å². The zero-order chi connectivity index (χ0) is 15.9. The summed E-state index contributed by atoms with van der Waals surface area (Å²) < 4.78 is 5.58. The Bertz CT molecular complexity index is 697. The van der Waals surface area contributed by atoms with Crippen LogP contribution < -0.4 is 5.73 Å². The Labute approximate surface area is 129 Å². The molecule has 6 heteroatoms. The van der Waals surface area contributed by atoms with Crippen LogP contribution in [-0.2, 0) is 6.54 Å². The number of furan rings is 1. The van der Waals surface area contributed by atoms with Crippen LogP contribution in [0.1, 0.15) is 19.4 Å². The van der Waals surface area contributed by atoms with Gasteiger partial charge in [0.15, 0.2) is 0 Å². The van der Waals surface area contributed by atoms with E-state index in [9.17, 15) is 9.90 Å². The third-order valence-electron chi connectivity index (χ3n) is 4.38. The third-order valence-corrected chi connectivity index (χ3v) is 4.38. The molecule has 2 heterocycles. The molecule has 1 aromatic carbocycles. The molecule has 1 aromatic heterocycles. The van der Waals surface area contributed by atoms with Gasteiger partial charge in [0.2, 0.25) is 0 Å². The van der Waals surface area contributed by atoms with Crippen LogP contribution >= 0.6 is 0 Å². The number of fused-ring (bicyclic) bond motifs is 1. The zero-order valence-electron chi connectivity index (χ0n) is 12.8. The Morgan fingerprint density at radius 1 is 1.36 bits per heavy atom. The second-order valence-corrected chi connectivity index (χ2v) is 6.08. The van der Waals surface area contributed by atoms with Gasteiger partial charge in [0.25, 0.3) is 0 Å². The lowest BCUT2D eigenvalue weighted by atomic mass is 10.1. The summed E-state index contributed by atoms with van der Waals surface area (Å²) in [7, 11) is 0. The highest BCUT2D eigenvalue weighted by Crippen LogP contribution is 2.26. The van der Waals surface area contributed by atoms with E-state index in [1.165, 1.54) is 4.90 Å². The molecule has 3 N–H and O–H groups in total. The number of carboxylic acid groups (broad SMARTS) is 1. The minimum atomic E-state index is -0.851. The van der Waals surface area contributed by atoms with Crippen molar-refractivity contribution in [2.24, 2.45) is 0 Å². The molecule has 1 aliphatic rings. The normalized spacial score (nSPS) is 23.1. The van der Waals surface area contributed by atoms with Gasteiger partial charge in [-0.2, -0.15) is 0 Å². The highest BCUT2D eigenvalue weighted by molar-refractivity contribution is 5.83. The smallest absolute Gasteiger partial charge is 0.407 e. The molecule has 2 atom stereocenters. The van der Waals surface area contributed by atoms with Crippen molar-refractivity contribution in [1.29, 1.82) is 0 Å². The van der Waals surface area contributed by atoms with Crippen molar-refractivity contribution in [3.63, 3.8) is 0 Å². The largest absolute Gasteiger partial charge is 0.465 e. The Kier molecular flexibility index (Phi) is 3.70. The topological polar surface area (TPSA) is 82.9 Å². The summed E-state index contributed by atoms with van der Waals surface area (Å²) in [6.07, 6.45) is 0.818. The van der Waals surface area contributed by atoms with Crippen LogP contribution in [0.15, 0.2) is 28.9 Å². The monoisotopic (exact) mass is 303 g/mol. The number of nitrogen functional groups attached to an aromatic ring is 1. The molecular formula is C16H21N3O3. The average molecular weight is 303 g/mol. The molecule has 2 aromatic rings. The molecule has 22 heavy (non-hydrogen) atoms. The van der Waals surface area contributed by atoms with Gasteiger partial charge in [-0.25, -0.2) is 4.79 Å². The van der Waals surface area contributed by atoms with E-state index in [4.69, 9.17) is 10.2 Å². The first-order valence-electron chi connectivity index (χ1n) is 7.45. The fraction of sp³-hybridized carbons (Fsp3) is 0.438. The number of nitrogens with two attached hydrogens (primary N) is 1. The Balaban J connectivity index is 1.83. The van der Waals surface area contributed by atoms with E-state index >= 15 is 0 Å². The zero-order valence-corrected chi connectivity index (χ0v) is 12.8. The number of hydrogen-bond acceptors (Lipinski definition) is 4. The predicted octanol–water partition coefficient (Wildman–Crippen LogP) is 2.59. The number of benzene rings is 1. The van der Waals surface area contributed by atoms with E-state index in [1.807, 2.05) is 32.0 Å². The van der Waals surface area contributed by atoms with Crippen LogP contribution in [0, 0.1) is 0 Å². The first-order valence-corrected chi connectivity index (χ1v) is 7.45. The van der Waals surface area contributed by atoms with Crippen LogP contribution in [0.4, 0.5) is 10.5 Å². The van der Waals surface area contributed by atoms with Crippen LogP contribution in [0.25, 0.3) is 11.0 Å². The number of amides is 1. The van der Waals surface area contributed by atoms with Gasteiger partial charge in [0.05, 0.1) is 6.26 Å². The Morgan fingerprint density at radius 3 is 2.86 bits per heavy atom. The summed E-state index contributed by atoms with van der Waals surface area (Å²) >= 11 is 0. The van der Waals surface area contributed by atoms with Gasteiger partial charge in [-0.3, -0.25) is 4.90 Å². The van der Waals surface area contributed by atoms with Crippen molar-refractivity contribution in [3.8, 4) is 0 Å². The molecule has 0 unspecified atom stereocenters. The lowest BCUT2D eigenvalue weighted by Crippen LogP contribution is -2.57. The third kappa shape index (κ3) is 2.62. The SMILES string of the molecule is C[C@@H]1CN(C(=O)O)[C@@H](C)CN1Cc1cc(N)cc2ccoc12. The van der Waals surface area contributed by atoms with Crippen LogP contribution in [-0.4, -0.2) is 46.2 Å². The van der Waals surface area contributed by atoms with Crippen molar-refractivity contribution < 1.29 is 14.3 Å². The van der Waals surface area contributed by atoms with Crippen LogP contribution in [0.3, 0.4) is 0 Å². The Hall–Kier alpha value is -2.21. The lowest BCUT2D eigenvalue weighted by Gasteiger charge is -2.42. The van der Waals surface area contributed by atoms with Gasteiger partial charge in [0.1, 0.15) is 5.58 Å². The summed E-state index contributed by atoms with van der Waals surface area (Å²) in [6, 6.07) is 5.87. The highest BCUT2D eigenvalue weighted by Gasteiger charge is 2.32. The van der Waals surface area contributed by atoms with Gasteiger partial charge in [0, 0.05) is 48.4 Å². The van der Waals surface area contributed by atoms with E-state index in [1.54, 1.807) is 6.26 Å². The molecule has 1 amide bonds. The lowest BCUT2D eigenvalue weighted by molar-refractivity contribution is 0.0398. The molecule has 3 rings (SSSR count). The second kappa shape index (κ2) is 5.53. The molecule has 0 spiro atoms. The molecule has 1 saturated heterocycles. The number of hydrogen-bond donors (Lipinski definition) is 2. The molecule has 0 aliphatic carbocycles. The van der Waals surface area contributed by atoms with Crippen molar-refractivity contribution in [3.05, 3.63) is 30.0 Å². The number of carbonyl (C=O) groups is 1. The summed E-state index contributed by atoms with van der Waals surface area (Å²) in [5.41, 5.74) is 8.58. The van der Waals surface area contributed by atoms with Gasteiger partial charge in [-0.15, -0.1) is 0 Å². The number of rotatable bonds is 2. The van der Waals surface area contributed by atoms with Gasteiger partial charge >= 0.3 is 6.09 Å². The molecule has 1 fully saturated rings. The van der Waals surface area contributed by atoms with Gasteiger partial charge in [-0.05, 0) is 32.0 Å². The molecule has 118 valence electrons. The number of piperazine rings is 1. The molecule has 0 saturated carbocycles. The average Bonchev–Trinajstić information content (AvgIpc) is 2.90. The maximum absolute atomic E-state index is 11.2. The summed E-state index contributed by atoms with van der Waals surface area (Å²) in [6.45, 7) is 5.90. The van der Waals surface area contributed by atoms with E-state index < -0.39 is 6.09 Å². The van der Waals surface area contributed by atoms with Crippen molar-refractivity contribution >= 4 is 22.7 Å². The quantitative estimate of drug-likeness (QED) is 0.833. The standard InChI is InChI=1S/C16H21N3O3/c1-10-8-19(16(20)21)11(2)7-18(10)9-13-6-14(17)5-12-3-4-22-15(12)13/h3-6,10-11H,7-9,17H2,1-2H3,(H,20,21)/t10-,11+/m1/s1. The minimum Gasteiger partial charge on any atom is -0.465 e. The van der Waals surface area contributed by atoms with E-state index in [0.29, 0.717) is 25.3 Å². The predicted molar refractivity (Wildman–Crippen MR) is 84.7 cm³/mol. The molecule has 6 nitrogen and oxygen atoms in total. The number of anilines is 1. The Morgan fingerprint density at radius 2 is 2.14 bits per heavy atom. The van der Waals surface area contributed by atoms with Gasteiger partial charge < -0.3 is 20.2 Å². The fourth-order valence-electron chi connectivity index (χ4n) is 3.20. The van der Waals surface area contributed by atoms with Crippen molar-refractivity contribution in [1.82, 2.24) is 9.80 Å². The highest BCUT2D eigenvalue weighted by atomic mass is 16.4. The first kappa shape index (κ1) is 14.7. The maximum atomic E-state index is 11.2. The molecule has 0 bridgehead atoms. The molecule has 0 radical (unpaired) electrons. The molecule has 1 aliphatic heterocycles. The van der Waals surface area contributed by atoms with E-state index in [2.05, 4.69) is 4.90 Å².